The van der Waals surface area contributed by atoms with Crippen molar-refractivity contribution in [3.8, 4) is 6.07 Å². The molecule has 0 saturated carbocycles. The van der Waals surface area contributed by atoms with Crippen LogP contribution < -0.4 is 5.32 Å². The third kappa shape index (κ3) is 2.48. The van der Waals surface area contributed by atoms with Crippen molar-refractivity contribution in [2.75, 3.05) is 5.32 Å². The monoisotopic (exact) mass is 208 g/mol. The van der Waals surface area contributed by atoms with Gasteiger partial charge in [-0.1, -0.05) is 18.5 Å². The minimum absolute atomic E-state index is 0.0868. The second-order valence-electron chi connectivity index (χ2n) is 2.71. The van der Waals surface area contributed by atoms with Crippen LogP contribution in [0, 0.1) is 11.3 Å². The van der Waals surface area contributed by atoms with Crippen LogP contribution in [0.1, 0.15) is 18.9 Å². The van der Waals surface area contributed by atoms with Crippen LogP contribution in [0.2, 0.25) is 5.02 Å². The van der Waals surface area contributed by atoms with Crippen molar-refractivity contribution in [3.05, 3.63) is 28.8 Å². The van der Waals surface area contributed by atoms with Gasteiger partial charge in [0.15, 0.2) is 0 Å². The van der Waals surface area contributed by atoms with Gasteiger partial charge >= 0.3 is 0 Å². The van der Waals surface area contributed by atoms with E-state index in [4.69, 9.17) is 16.9 Å². The lowest BCUT2D eigenvalue weighted by Gasteiger charge is -2.03. The first kappa shape index (κ1) is 10.6. The van der Waals surface area contributed by atoms with Gasteiger partial charge in [0, 0.05) is 12.1 Å². The summed E-state index contributed by atoms with van der Waals surface area (Å²) in [6, 6.07) is 6.75. The summed E-state index contributed by atoms with van der Waals surface area (Å²) in [6.07, 6.45) is 0.407. The lowest BCUT2D eigenvalue weighted by molar-refractivity contribution is -0.115. The number of amides is 1. The van der Waals surface area contributed by atoms with E-state index in [9.17, 15) is 4.79 Å². The molecule has 1 rings (SSSR count). The van der Waals surface area contributed by atoms with Crippen molar-refractivity contribution in [1.29, 1.82) is 5.26 Å². The van der Waals surface area contributed by atoms with Gasteiger partial charge in [-0.3, -0.25) is 4.79 Å². The molecule has 1 aromatic carbocycles. The first-order chi connectivity index (χ1) is 6.67. The first-order valence-electron chi connectivity index (χ1n) is 4.17. The summed E-state index contributed by atoms with van der Waals surface area (Å²) in [7, 11) is 0. The molecule has 1 N–H and O–H groups in total. The average molecular weight is 209 g/mol. The van der Waals surface area contributed by atoms with E-state index < -0.39 is 0 Å². The zero-order chi connectivity index (χ0) is 10.6. The van der Waals surface area contributed by atoms with E-state index in [1.165, 1.54) is 0 Å². The van der Waals surface area contributed by atoms with E-state index in [0.717, 1.165) is 0 Å². The normalized spacial score (nSPS) is 9.21. The number of anilines is 1. The lowest BCUT2D eigenvalue weighted by Crippen LogP contribution is -2.09. The fraction of sp³-hybridized carbons (Fsp3) is 0.200. The second kappa shape index (κ2) is 4.64. The molecule has 72 valence electrons. The summed E-state index contributed by atoms with van der Waals surface area (Å²) in [5.74, 6) is -0.0868. The maximum absolute atomic E-state index is 11.0. The number of hydrogen-bond donors (Lipinski definition) is 1. The maximum atomic E-state index is 11.0. The van der Waals surface area contributed by atoms with Gasteiger partial charge in [-0.05, 0) is 18.2 Å². The Balaban J connectivity index is 2.91. The first-order valence-corrected chi connectivity index (χ1v) is 4.54. The van der Waals surface area contributed by atoms with E-state index in [2.05, 4.69) is 5.32 Å². The zero-order valence-electron chi connectivity index (χ0n) is 7.67. The van der Waals surface area contributed by atoms with Crippen LogP contribution in [0.4, 0.5) is 5.69 Å². The SMILES string of the molecule is CCC(=O)Nc1ccc(Cl)c(C#N)c1. The maximum Gasteiger partial charge on any atom is 0.224 e. The molecule has 0 unspecified atom stereocenters. The molecular weight excluding hydrogens is 200 g/mol. The standard InChI is InChI=1S/C10H9ClN2O/c1-2-10(14)13-8-3-4-9(11)7(5-8)6-12/h3-5H,2H2,1H3,(H,13,14). The van der Waals surface area contributed by atoms with Crippen LogP contribution in [-0.2, 0) is 4.79 Å². The number of carbonyl (C=O) groups excluding carboxylic acids is 1. The number of rotatable bonds is 2. The van der Waals surface area contributed by atoms with Crippen molar-refractivity contribution in [3.63, 3.8) is 0 Å². The molecule has 0 heterocycles. The van der Waals surface area contributed by atoms with Crippen LogP contribution in [0.3, 0.4) is 0 Å². The summed E-state index contributed by atoms with van der Waals surface area (Å²) < 4.78 is 0. The quantitative estimate of drug-likeness (QED) is 0.812. The van der Waals surface area contributed by atoms with E-state index >= 15 is 0 Å². The van der Waals surface area contributed by atoms with Crippen molar-refractivity contribution in [1.82, 2.24) is 0 Å². The summed E-state index contributed by atoms with van der Waals surface area (Å²) in [5, 5.41) is 11.7. The third-order valence-electron chi connectivity index (χ3n) is 1.69. The minimum Gasteiger partial charge on any atom is -0.326 e. The molecule has 14 heavy (non-hydrogen) atoms. The van der Waals surface area contributed by atoms with Crippen molar-refractivity contribution in [2.45, 2.75) is 13.3 Å². The fourth-order valence-corrected chi connectivity index (χ4v) is 1.10. The zero-order valence-corrected chi connectivity index (χ0v) is 8.43. The molecule has 0 aliphatic rings. The second-order valence-corrected chi connectivity index (χ2v) is 3.12. The number of carbonyl (C=O) groups is 1. The summed E-state index contributed by atoms with van der Waals surface area (Å²) in [6.45, 7) is 1.76. The predicted molar refractivity (Wildman–Crippen MR) is 55.1 cm³/mol. The Morgan fingerprint density at radius 1 is 1.64 bits per heavy atom. The Hall–Kier alpha value is -1.53. The Bertz CT molecular complexity index is 396. The largest absolute Gasteiger partial charge is 0.326 e. The Morgan fingerprint density at radius 3 is 2.93 bits per heavy atom. The van der Waals surface area contributed by atoms with Crippen LogP contribution in [0.5, 0.6) is 0 Å². The number of nitrogens with zero attached hydrogens (tertiary/aromatic N) is 1. The molecule has 0 spiro atoms. The highest BCUT2D eigenvalue weighted by molar-refractivity contribution is 6.31. The number of hydrogen-bond acceptors (Lipinski definition) is 2. The average Bonchev–Trinajstić information content (AvgIpc) is 2.20. The minimum atomic E-state index is -0.0868. The van der Waals surface area contributed by atoms with E-state index in [0.29, 0.717) is 22.7 Å². The van der Waals surface area contributed by atoms with Gasteiger partial charge < -0.3 is 5.32 Å². The van der Waals surface area contributed by atoms with Gasteiger partial charge in [0.25, 0.3) is 0 Å². The van der Waals surface area contributed by atoms with Gasteiger partial charge in [-0.2, -0.15) is 5.26 Å². The van der Waals surface area contributed by atoms with Gasteiger partial charge in [-0.25, -0.2) is 0 Å². The number of benzene rings is 1. The molecule has 0 saturated heterocycles. The highest BCUT2D eigenvalue weighted by Gasteiger charge is 2.03. The van der Waals surface area contributed by atoms with Crippen LogP contribution in [0.15, 0.2) is 18.2 Å². The molecule has 0 atom stereocenters. The Kier molecular flexibility index (Phi) is 3.49. The Labute approximate surface area is 87.3 Å². The number of halogens is 1. The van der Waals surface area contributed by atoms with Crippen molar-refractivity contribution < 1.29 is 4.79 Å². The smallest absolute Gasteiger partial charge is 0.224 e. The number of nitrogens with one attached hydrogen (secondary N) is 1. The van der Waals surface area contributed by atoms with Crippen LogP contribution in [0.25, 0.3) is 0 Å². The molecule has 0 aliphatic heterocycles. The van der Waals surface area contributed by atoms with Crippen LogP contribution >= 0.6 is 11.6 Å². The molecule has 0 aromatic heterocycles. The molecule has 0 aliphatic carbocycles. The van der Waals surface area contributed by atoms with Gasteiger partial charge in [0.2, 0.25) is 5.91 Å². The molecule has 3 nitrogen and oxygen atoms in total. The van der Waals surface area contributed by atoms with E-state index in [1.54, 1.807) is 25.1 Å². The molecular formula is C10H9ClN2O. The molecule has 0 bridgehead atoms. The van der Waals surface area contributed by atoms with Crippen LogP contribution in [-0.4, -0.2) is 5.91 Å². The highest BCUT2D eigenvalue weighted by Crippen LogP contribution is 2.19. The van der Waals surface area contributed by atoms with Crippen molar-refractivity contribution in [2.24, 2.45) is 0 Å². The van der Waals surface area contributed by atoms with Crippen molar-refractivity contribution >= 4 is 23.2 Å². The molecule has 1 amide bonds. The fourth-order valence-electron chi connectivity index (χ4n) is 0.938. The summed E-state index contributed by atoms with van der Waals surface area (Å²) in [4.78, 5) is 11.0. The van der Waals surface area contributed by atoms with E-state index in [1.807, 2.05) is 6.07 Å². The molecule has 0 fully saturated rings. The highest BCUT2D eigenvalue weighted by atomic mass is 35.5. The lowest BCUT2D eigenvalue weighted by atomic mass is 10.2. The van der Waals surface area contributed by atoms with Gasteiger partial charge in [-0.15, -0.1) is 0 Å². The third-order valence-corrected chi connectivity index (χ3v) is 2.02. The van der Waals surface area contributed by atoms with E-state index in [-0.39, 0.29) is 5.91 Å². The molecule has 4 heteroatoms. The number of nitriles is 1. The molecule has 1 aromatic rings. The van der Waals surface area contributed by atoms with Gasteiger partial charge in [0.1, 0.15) is 6.07 Å². The van der Waals surface area contributed by atoms with Gasteiger partial charge in [0.05, 0.1) is 10.6 Å². The topological polar surface area (TPSA) is 52.9 Å². The summed E-state index contributed by atoms with van der Waals surface area (Å²) >= 11 is 5.73. The Morgan fingerprint density at radius 2 is 2.36 bits per heavy atom. The molecule has 0 radical (unpaired) electrons. The predicted octanol–water partition coefficient (Wildman–Crippen LogP) is 2.56. The summed E-state index contributed by atoms with van der Waals surface area (Å²) in [5.41, 5.74) is 0.957.